The Bertz CT molecular complexity index is 766. The zero-order chi connectivity index (χ0) is 15.9. The molecule has 1 fully saturated rings. The fourth-order valence-corrected chi connectivity index (χ4v) is 4.19. The maximum Gasteiger partial charge on any atom is 0.259 e. The summed E-state index contributed by atoms with van der Waals surface area (Å²) < 4.78 is 30.6. The third-order valence-electron chi connectivity index (χ3n) is 4.06. The van der Waals surface area contributed by atoms with Crippen LogP contribution in [0.3, 0.4) is 0 Å². The van der Waals surface area contributed by atoms with E-state index in [1.807, 2.05) is 11.5 Å². The number of aliphatic hydroxyl groups excluding tert-OH is 1. The molecule has 1 saturated carbocycles. The fourth-order valence-electron chi connectivity index (χ4n) is 2.92. The monoisotopic (exact) mass is 325 g/mol. The van der Waals surface area contributed by atoms with E-state index >= 15 is 0 Å². The lowest BCUT2D eigenvalue weighted by molar-refractivity contribution is 0.116. The summed E-state index contributed by atoms with van der Waals surface area (Å²) in [5.41, 5.74) is 0. The van der Waals surface area contributed by atoms with Gasteiger partial charge in [-0.3, -0.25) is 0 Å². The predicted molar refractivity (Wildman–Crippen MR) is 78.6 cm³/mol. The van der Waals surface area contributed by atoms with E-state index in [1.165, 1.54) is 12.5 Å². The summed E-state index contributed by atoms with van der Waals surface area (Å²) in [7, 11) is -2.02. The van der Waals surface area contributed by atoms with E-state index in [0.717, 1.165) is 5.82 Å². The van der Waals surface area contributed by atoms with Gasteiger partial charge in [0.1, 0.15) is 5.82 Å². The Hall–Kier alpha value is -1.71. The van der Waals surface area contributed by atoms with Crippen LogP contribution in [-0.4, -0.2) is 44.8 Å². The van der Waals surface area contributed by atoms with E-state index in [2.05, 4.69) is 14.7 Å². The summed E-state index contributed by atoms with van der Waals surface area (Å²) in [5, 5.41) is 10.4. The van der Waals surface area contributed by atoms with E-state index in [0.29, 0.717) is 12.8 Å². The number of aliphatic hydroxyl groups is 1. The molecule has 1 aliphatic carbocycles. The van der Waals surface area contributed by atoms with Gasteiger partial charge in [-0.1, -0.05) is 0 Å². The van der Waals surface area contributed by atoms with Crippen LogP contribution in [0.4, 0.5) is 0 Å². The minimum atomic E-state index is -3.72. The lowest BCUT2D eigenvalue weighted by Gasteiger charge is -2.22. The normalized spacial score (nSPS) is 25.7. The topological polar surface area (TPSA) is 102 Å². The lowest BCUT2D eigenvalue weighted by atomic mass is 10.2. The van der Waals surface area contributed by atoms with Crippen LogP contribution in [0.15, 0.2) is 29.9 Å². The largest absolute Gasteiger partial charge is 0.389 e. The fraction of sp³-hybridized carbons (Fsp3) is 0.538. The zero-order valence-electron chi connectivity index (χ0n) is 12.4. The van der Waals surface area contributed by atoms with E-state index in [1.54, 1.807) is 24.0 Å². The van der Waals surface area contributed by atoms with Gasteiger partial charge in [-0.05, 0) is 19.8 Å². The quantitative estimate of drug-likeness (QED) is 0.822. The maximum absolute atomic E-state index is 12.3. The summed E-state index contributed by atoms with van der Waals surface area (Å²) in [6, 6.07) is -0.697. The van der Waals surface area contributed by atoms with Crippen LogP contribution in [0, 0.1) is 6.92 Å². The van der Waals surface area contributed by atoms with Gasteiger partial charge < -0.3 is 14.2 Å². The molecule has 0 unspecified atom stereocenters. The third-order valence-corrected chi connectivity index (χ3v) is 5.44. The SMILES string of the molecule is Cc1nccn1[C@@H]1CC[C@@H](NS(=O)(=O)c2cn(C)cn2)[C@H]1O. The first-order valence-corrected chi connectivity index (χ1v) is 8.54. The Morgan fingerprint density at radius 3 is 2.73 bits per heavy atom. The zero-order valence-corrected chi connectivity index (χ0v) is 13.2. The Kier molecular flexibility index (Phi) is 3.79. The van der Waals surface area contributed by atoms with Crippen LogP contribution in [-0.2, 0) is 17.1 Å². The van der Waals surface area contributed by atoms with Crippen molar-refractivity contribution in [2.45, 2.75) is 43.0 Å². The van der Waals surface area contributed by atoms with Gasteiger partial charge in [0.15, 0.2) is 5.03 Å². The highest BCUT2D eigenvalue weighted by molar-refractivity contribution is 7.89. The van der Waals surface area contributed by atoms with Gasteiger partial charge in [0.25, 0.3) is 10.0 Å². The van der Waals surface area contributed by atoms with Crippen molar-refractivity contribution in [3.05, 3.63) is 30.7 Å². The molecule has 2 aromatic heterocycles. The van der Waals surface area contributed by atoms with Crippen molar-refractivity contribution in [2.75, 3.05) is 0 Å². The molecule has 3 rings (SSSR count). The molecule has 1 aliphatic rings. The van der Waals surface area contributed by atoms with E-state index in [-0.39, 0.29) is 11.1 Å². The number of imidazole rings is 2. The number of rotatable bonds is 4. The Morgan fingerprint density at radius 1 is 1.36 bits per heavy atom. The smallest absolute Gasteiger partial charge is 0.259 e. The Balaban J connectivity index is 1.76. The van der Waals surface area contributed by atoms with Crippen LogP contribution in [0.1, 0.15) is 24.7 Å². The number of nitrogens with one attached hydrogen (secondary N) is 1. The van der Waals surface area contributed by atoms with Crippen molar-refractivity contribution in [1.82, 2.24) is 23.8 Å². The second kappa shape index (κ2) is 5.49. The molecule has 120 valence electrons. The van der Waals surface area contributed by atoms with Gasteiger partial charge in [-0.25, -0.2) is 23.1 Å². The first kappa shape index (κ1) is 15.2. The first-order chi connectivity index (χ1) is 10.4. The summed E-state index contributed by atoms with van der Waals surface area (Å²) in [5.74, 6) is 0.803. The predicted octanol–water partition coefficient (Wildman–Crippen LogP) is -0.0321. The minimum absolute atomic E-state index is 0.0375. The van der Waals surface area contributed by atoms with Gasteiger partial charge in [0, 0.05) is 25.6 Å². The van der Waals surface area contributed by atoms with Gasteiger partial charge in [-0.2, -0.15) is 0 Å². The summed E-state index contributed by atoms with van der Waals surface area (Å²) in [6.07, 6.45) is 6.79. The second-order valence-corrected chi connectivity index (χ2v) is 7.28. The van der Waals surface area contributed by atoms with E-state index in [4.69, 9.17) is 0 Å². The molecular weight excluding hydrogens is 306 g/mol. The van der Waals surface area contributed by atoms with Crippen molar-refractivity contribution in [2.24, 2.45) is 7.05 Å². The summed E-state index contributed by atoms with van der Waals surface area (Å²) >= 11 is 0. The molecule has 22 heavy (non-hydrogen) atoms. The molecular formula is C13H19N5O3S. The molecule has 0 amide bonds. The molecule has 3 atom stereocenters. The molecule has 8 nitrogen and oxygen atoms in total. The molecule has 9 heteroatoms. The Morgan fingerprint density at radius 2 is 2.14 bits per heavy atom. The van der Waals surface area contributed by atoms with E-state index < -0.39 is 22.2 Å². The van der Waals surface area contributed by atoms with Gasteiger partial charge in [0.2, 0.25) is 0 Å². The number of aryl methyl sites for hydroxylation is 2. The molecule has 2 aromatic rings. The van der Waals surface area contributed by atoms with Crippen molar-refractivity contribution in [1.29, 1.82) is 0 Å². The Labute approximate surface area is 128 Å². The highest BCUT2D eigenvalue weighted by Gasteiger charge is 2.39. The van der Waals surface area contributed by atoms with Crippen LogP contribution >= 0.6 is 0 Å². The van der Waals surface area contributed by atoms with Crippen LogP contribution < -0.4 is 4.72 Å². The summed E-state index contributed by atoms with van der Waals surface area (Å²) in [6.45, 7) is 1.86. The molecule has 0 aliphatic heterocycles. The van der Waals surface area contributed by atoms with Crippen molar-refractivity contribution < 1.29 is 13.5 Å². The summed E-state index contributed by atoms with van der Waals surface area (Å²) in [4.78, 5) is 8.00. The average molecular weight is 325 g/mol. The molecule has 0 radical (unpaired) electrons. The number of aromatic nitrogens is 4. The van der Waals surface area contributed by atoms with Crippen molar-refractivity contribution in [3.8, 4) is 0 Å². The highest BCUT2D eigenvalue weighted by Crippen LogP contribution is 2.32. The second-order valence-electron chi connectivity index (χ2n) is 5.62. The van der Waals surface area contributed by atoms with Gasteiger partial charge in [0.05, 0.1) is 24.5 Å². The number of hydrogen-bond acceptors (Lipinski definition) is 5. The number of hydrogen-bond donors (Lipinski definition) is 2. The maximum atomic E-state index is 12.3. The van der Waals surface area contributed by atoms with Crippen LogP contribution in [0.2, 0.25) is 0 Å². The first-order valence-electron chi connectivity index (χ1n) is 7.06. The average Bonchev–Trinajstić information content (AvgIpc) is 3.13. The molecule has 0 bridgehead atoms. The molecule has 0 aromatic carbocycles. The standard InChI is InChI=1S/C13H19N5O3S/c1-9-14-5-6-18(9)11-4-3-10(13(11)19)16-22(20,21)12-7-17(2)8-15-12/h5-8,10-11,13,16,19H,3-4H2,1-2H3/t10-,11-,13-/m1/s1. The van der Waals surface area contributed by atoms with Crippen LogP contribution in [0.25, 0.3) is 0 Å². The molecule has 2 heterocycles. The van der Waals surface area contributed by atoms with E-state index in [9.17, 15) is 13.5 Å². The lowest BCUT2D eigenvalue weighted by Crippen LogP contribution is -2.42. The number of nitrogens with zero attached hydrogens (tertiary/aromatic N) is 4. The van der Waals surface area contributed by atoms with Crippen LogP contribution in [0.5, 0.6) is 0 Å². The van der Waals surface area contributed by atoms with Crippen molar-refractivity contribution in [3.63, 3.8) is 0 Å². The third kappa shape index (κ3) is 2.67. The molecule has 0 saturated heterocycles. The van der Waals surface area contributed by atoms with Gasteiger partial charge >= 0.3 is 0 Å². The minimum Gasteiger partial charge on any atom is -0.389 e. The molecule has 0 spiro atoms. The number of sulfonamides is 1. The van der Waals surface area contributed by atoms with Crippen molar-refractivity contribution >= 4 is 10.0 Å². The molecule has 2 N–H and O–H groups in total. The van der Waals surface area contributed by atoms with Gasteiger partial charge in [-0.15, -0.1) is 0 Å². The highest BCUT2D eigenvalue weighted by atomic mass is 32.2.